The van der Waals surface area contributed by atoms with Crippen LogP contribution < -0.4 is 14.4 Å². The third kappa shape index (κ3) is 9.60. The van der Waals surface area contributed by atoms with Gasteiger partial charge in [-0.1, -0.05) is 49.2 Å². The number of benzene rings is 2. The van der Waals surface area contributed by atoms with Gasteiger partial charge in [-0.25, -0.2) is 0 Å². The van der Waals surface area contributed by atoms with Crippen LogP contribution in [0.3, 0.4) is 0 Å². The van der Waals surface area contributed by atoms with Crippen LogP contribution in [-0.2, 0) is 20.7 Å². The lowest BCUT2D eigenvalue weighted by molar-refractivity contribution is -0.128. The van der Waals surface area contributed by atoms with Crippen molar-refractivity contribution in [3.63, 3.8) is 0 Å². The van der Waals surface area contributed by atoms with Crippen molar-refractivity contribution in [2.24, 2.45) is 11.8 Å². The molecule has 3 aromatic rings. The van der Waals surface area contributed by atoms with Crippen molar-refractivity contribution < 1.29 is 24.2 Å². The molecule has 0 spiro atoms. The molecule has 0 bridgehead atoms. The first kappa shape index (κ1) is 37.7. The third-order valence-electron chi connectivity index (χ3n) is 9.87. The summed E-state index contributed by atoms with van der Waals surface area (Å²) in [5.74, 6) is 1.08. The average Bonchev–Trinajstić information content (AvgIpc) is 3.29. The minimum Gasteiger partial charge on any atom is -0.491 e. The van der Waals surface area contributed by atoms with Crippen LogP contribution in [0.5, 0.6) is 5.75 Å². The van der Waals surface area contributed by atoms with Gasteiger partial charge in [0.1, 0.15) is 5.75 Å². The molecule has 1 fully saturated rings. The summed E-state index contributed by atoms with van der Waals surface area (Å²) < 4.78 is 15.3. The fourth-order valence-electron chi connectivity index (χ4n) is 6.81. The second-order valence-corrected chi connectivity index (χ2v) is 14.6. The number of anilines is 1. The molecule has 1 aliphatic carbocycles. The maximum absolute atomic E-state index is 13.1. The lowest BCUT2D eigenvalue weighted by Crippen LogP contribution is -2.44. The largest absolute Gasteiger partial charge is 0.491 e. The van der Waals surface area contributed by atoms with Crippen LogP contribution in [0, 0.1) is 11.8 Å². The predicted octanol–water partition coefficient (Wildman–Crippen LogP) is 6.99. The highest BCUT2D eigenvalue weighted by Gasteiger charge is 2.39. The zero-order chi connectivity index (χ0) is 35.6. The predicted molar refractivity (Wildman–Crippen MR) is 200 cm³/mol. The molecule has 0 saturated heterocycles. The van der Waals surface area contributed by atoms with Crippen LogP contribution in [0.15, 0.2) is 78.0 Å². The number of pyridine rings is 1. The summed E-state index contributed by atoms with van der Waals surface area (Å²) in [5.41, 5.74) is 3.84. The standard InChI is InChI=1S/C39H49ClN4O5S/c1-5-8-27-21-31(40)12-14-33(27)30-24-44(23-29-10-13-34(29)36(48-4)9-6-7-20-43(3)26(2)45)35-22-28(11-15-37(35)49-25-30)38(46)39(47)42-50-32-16-18-41-19-17-32/h6,9,11-12,14-19,21-22,29-30,34,36,38,46H,5,7-8,10,13,20,23-25H2,1-4H3,(H,42,47)/b9-6+. The molecular weight excluding hydrogens is 672 g/mol. The van der Waals surface area contributed by atoms with E-state index in [1.807, 2.05) is 25.2 Å². The van der Waals surface area contributed by atoms with Crippen LogP contribution in [-0.4, -0.2) is 73.3 Å². The number of aryl methyl sites for hydroxylation is 1. The van der Waals surface area contributed by atoms with E-state index in [0.717, 1.165) is 72.0 Å². The van der Waals surface area contributed by atoms with Gasteiger partial charge in [0.15, 0.2) is 6.10 Å². The Morgan fingerprint density at radius 3 is 2.70 bits per heavy atom. The molecule has 1 aliphatic heterocycles. The molecule has 5 atom stereocenters. The quantitative estimate of drug-likeness (QED) is 0.128. The molecule has 268 valence electrons. The zero-order valence-corrected chi connectivity index (χ0v) is 31.0. The maximum atomic E-state index is 13.1. The van der Waals surface area contributed by atoms with E-state index >= 15 is 0 Å². The molecule has 0 radical (unpaired) electrons. The van der Waals surface area contributed by atoms with Gasteiger partial charge in [0, 0.05) is 68.9 Å². The summed E-state index contributed by atoms with van der Waals surface area (Å²) in [5, 5.41) is 11.9. The Bertz CT molecular complexity index is 1630. The molecule has 9 nitrogen and oxygen atoms in total. The fourth-order valence-corrected chi connectivity index (χ4v) is 7.59. The smallest absolute Gasteiger partial charge is 0.263 e. The first-order valence-electron chi connectivity index (χ1n) is 17.4. The molecule has 1 saturated carbocycles. The van der Waals surface area contributed by atoms with Crippen LogP contribution >= 0.6 is 23.5 Å². The topological polar surface area (TPSA) is 104 Å². The first-order valence-corrected chi connectivity index (χ1v) is 18.6. The number of aromatic nitrogens is 1. The van der Waals surface area contributed by atoms with Gasteiger partial charge in [0.2, 0.25) is 5.91 Å². The normalized spacial score (nSPS) is 19.9. The number of rotatable bonds is 15. The number of nitrogens with zero attached hydrogens (tertiary/aromatic N) is 3. The minimum absolute atomic E-state index is 0.0305. The van der Waals surface area contributed by atoms with E-state index in [1.54, 1.807) is 49.5 Å². The molecule has 1 aromatic heterocycles. The van der Waals surface area contributed by atoms with E-state index in [1.165, 1.54) is 11.1 Å². The number of halogens is 1. The summed E-state index contributed by atoms with van der Waals surface area (Å²) in [6.07, 6.45) is 11.0. The summed E-state index contributed by atoms with van der Waals surface area (Å²) >= 11 is 7.59. The summed E-state index contributed by atoms with van der Waals surface area (Å²) in [6, 6.07) is 15.3. The van der Waals surface area contributed by atoms with Crippen molar-refractivity contribution in [3.8, 4) is 5.75 Å². The minimum atomic E-state index is -1.36. The van der Waals surface area contributed by atoms with Crippen LogP contribution in [0.4, 0.5) is 5.69 Å². The number of aliphatic hydroxyl groups is 1. The van der Waals surface area contributed by atoms with Gasteiger partial charge in [-0.15, -0.1) is 0 Å². The maximum Gasteiger partial charge on any atom is 0.263 e. The zero-order valence-electron chi connectivity index (χ0n) is 29.4. The molecule has 11 heteroatoms. The molecule has 2 heterocycles. The highest BCUT2D eigenvalue weighted by atomic mass is 35.5. The molecule has 2 amide bonds. The molecule has 50 heavy (non-hydrogen) atoms. The van der Waals surface area contributed by atoms with Gasteiger partial charge in [-0.3, -0.25) is 19.3 Å². The first-order chi connectivity index (χ1) is 24.2. The van der Waals surface area contributed by atoms with Gasteiger partial charge < -0.3 is 24.4 Å². The number of carbonyl (C=O) groups is 2. The van der Waals surface area contributed by atoms with E-state index in [-0.39, 0.29) is 17.9 Å². The van der Waals surface area contributed by atoms with Crippen molar-refractivity contribution in [2.45, 2.75) is 69.0 Å². The molecule has 5 unspecified atom stereocenters. The van der Waals surface area contributed by atoms with E-state index in [9.17, 15) is 14.7 Å². The van der Waals surface area contributed by atoms with Gasteiger partial charge in [0.05, 0.1) is 18.4 Å². The van der Waals surface area contributed by atoms with Crippen LogP contribution in [0.1, 0.15) is 68.2 Å². The van der Waals surface area contributed by atoms with Crippen molar-refractivity contribution in [1.29, 1.82) is 0 Å². The van der Waals surface area contributed by atoms with Crippen molar-refractivity contribution >= 4 is 41.1 Å². The Hall–Kier alpha value is -3.57. The van der Waals surface area contributed by atoms with Crippen LogP contribution in [0.25, 0.3) is 0 Å². The summed E-state index contributed by atoms with van der Waals surface area (Å²) in [4.78, 5) is 33.6. The van der Waals surface area contributed by atoms with Crippen molar-refractivity contribution in [1.82, 2.24) is 14.6 Å². The number of hydrogen-bond acceptors (Lipinski definition) is 8. The molecule has 2 N–H and O–H groups in total. The van der Waals surface area contributed by atoms with E-state index in [2.05, 4.69) is 45.8 Å². The fraction of sp³-hybridized carbons (Fsp3) is 0.462. The Morgan fingerprint density at radius 2 is 2.00 bits per heavy atom. The van der Waals surface area contributed by atoms with Gasteiger partial charge >= 0.3 is 0 Å². The van der Waals surface area contributed by atoms with Gasteiger partial charge in [-0.2, -0.15) is 0 Å². The lowest BCUT2D eigenvalue weighted by Gasteiger charge is -2.43. The van der Waals surface area contributed by atoms with Crippen molar-refractivity contribution in [2.75, 3.05) is 45.3 Å². The van der Waals surface area contributed by atoms with E-state index < -0.39 is 12.0 Å². The Labute approximate surface area is 305 Å². The van der Waals surface area contributed by atoms with Gasteiger partial charge in [0.25, 0.3) is 5.91 Å². The number of methoxy groups -OCH3 is 1. The average molecular weight is 721 g/mol. The van der Waals surface area contributed by atoms with Crippen LogP contribution in [0.2, 0.25) is 5.02 Å². The van der Waals surface area contributed by atoms with Crippen molar-refractivity contribution in [3.05, 3.63) is 94.8 Å². The third-order valence-corrected chi connectivity index (χ3v) is 10.9. The Kier molecular flexibility index (Phi) is 13.6. The number of aliphatic hydroxyl groups excluding tert-OH is 1. The highest BCUT2D eigenvalue weighted by molar-refractivity contribution is 7.98. The van der Waals surface area contributed by atoms with Gasteiger partial charge in [-0.05, 0) is 103 Å². The summed E-state index contributed by atoms with van der Waals surface area (Å²) in [6.45, 7) is 6.41. The number of amides is 2. The monoisotopic (exact) mass is 720 g/mol. The second kappa shape index (κ2) is 18.1. The molecule has 2 aliphatic rings. The SMILES string of the molecule is CCCc1cc(Cl)ccc1C1COc2ccc(C(O)C(=O)NSc3ccncc3)cc2N(CC2CCC2C(/C=C/CCN(C)C(C)=O)OC)C1. The Balaban J connectivity index is 1.38. The molecular formula is C39H49ClN4O5S. The second-order valence-electron chi connectivity index (χ2n) is 13.2. The lowest BCUT2D eigenvalue weighted by atomic mass is 9.70. The number of hydrogen-bond donors (Lipinski definition) is 2. The number of ether oxygens (including phenoxy) is 2. The molecule has 2 aromatic carbocycles. The number of fused-ring (bicyclic) bond motifs is 1. The molecule has 5 rings (SSSR count). The highest BCUT2D eigenvalue weighted by Crippen LogP contribution is 2.43. The van der Waals surface area contributed by atoms with E-state index in [4.69, 9.17) is 21.1 Å². The Morgan fingerprint density at radius 1 is 1.20 bits per heavy atom. The summed E-state index contributed by atoms with van der Waals surface area (Å²) in [7, 11) is 3.58. The van der Waals surface area contributed by atoms with E-state index in [0.29, 0.717) is 37.1 Å². The number of carbonyl (C=O) groups excluding carboxylic acids is 2. The number of nitrogens with one attached hydrogen (secondary N) is 1.